The molecule has 6 saturated carbocycles. The Morgan fingerprint density at radius 2 is 0.674 bits per heavy atom. The largest absolute Gasteiger partial charge is 0.662 e. The Kier molecular flexibility index (Phi) is 37.5. The third-order valence-corrected chi connectivity index (χ3v) is 21.8. The van der Waals surface area contributed by atoms with Crippen molar-refractivity contribution in [3.8, 4) is 0 Å². The molecule has 0 spiro atoms. The summed E-state index contributed by atoms with van der Waals surface area (Å²) in [6.07, 6.45) is 37.4. The molecule has 3 aromatic heterocycles. The number of hydrogen-bond donors (Lipinski definition) is 4. The number of nitrogens with one attached hydrogen (secondary N) is 4. The molecule has 6 bridgehead atoms. The van der Waals surface area contributed by atoms with Gasteiger partial charge in [-0.25, -0.2) is 0 Å². The van der Waals surface area contributed by atoms with E-state index in [1.807, 2.05) is 0 Å². The summed E-state index contributed by atoms with van der Waals surface area (Å²) >= 11 is 0.0208. The van der Waals surface area contributed by atoms with Crippen molar-refractivity contribution in [2.75, 3.05) is 39.3 Å². The normalized spacial score (nSPS) is 33.8. The predicted molar refractivity (Wildman–Crippen MR) is 388 cm³/mol. The van der Waals surface area contributed by atoms with Crippen molar-refractivity contribution < 1.29 is 39.4 Å². The van der Waals surface area contributed by atoms with Crippen molar-refractivity contribution in [2.45, 2.75) is 316 Å². The van der Waals surface area contributed by atoms with Crippen molar-refractivity contribution >= 4 is 60.6 Å². The Morgan fingerprint density at radius 3 is 1.04 bits per heavy atom. The van der Waals surface area contributed by atoms with E-state index >= 15 is 0 Å². The van der Waals surface area contributed by atoms with Gasteiger partial charge in [0.1, 0.15) is 0 Å². The number of hydrogen-bond acceptors (Lipinski definition) is 7. The van der Waals surface area contributed by atoms with Gasteiger partial charge in [0.25, 0.3) is 0 Å². The maximum Gasteiger partial charge on any atom is 0.0545 e. The monoisotopic (exact) mass is 1550 g/mol. The van der Waals surface area contributed by atoms with E-state index in [0.717, 1.165) is 89.4 Å². The summed E-state index contributed by atoms with van der Waals surface area (Å²) in [7, 11) is 28.8. The van der Waals surface area contributed by atoms with E-state index in [1.165, 1.54) is 201 Å². The van der Waals surface area contributed by atoms with Crippen LogP contribution in [0.5, 0.6) is 0 Å². The Labute approximate surface area is 616 Å². The van der Waals surface area contributed by atoms with Crippen LogP contribution in [0.1, 0.15) is 263 Å². The molecular formula is C71H109Cl6Mn3N15-8. The molecule has 8 aliphatic carbocycles. The van der Waals surface area contributed by atoms with Crippen LogP contribution >= 0.6 is 60.6 Å². The van der Waals surface area contributed by atoms with Gasteiger partial charge in [-0.3, -0.25) is 15.0 Å². The first-order valence-corrected chi connectivity index (χ1v) is 46.4. The van der Waals surface area contributed by atoms with Crippen LogP contribution < -0.4 is 21.3 Å². The molecule has 0 amide bonds. The molecule has 3 aliphatic heterocycles. The molecule has 0 aromatic carbocycles. The second-order valence-electron chi connectivity index (χ2n) is 28.1. The Balaban J connectivity index is 0.000000158. The second kappa shape index (κ2) is 44.8. The van der Waals surface area contributed by atoms with E-state index in [0.29, 0.717) is 72.5 Å². The number of aromatic nitrogens is 3. The van der Waals surface area contributed by atoms with Crippen LogP contribution in [0.15, 0.2) is 42.5 Å². The minimum absolute atomic E-state index is 0.00694. The van der Waals surface area contributed by atoms with Gasteiger partial charge in [-0.1, -0.05) is 210 Å². The molecule has 95 heavy (non-hydrogen) atoms. The molecule has 24 heteroatoms. The summed E-state index contributed by atoms with van der Waals surface area (Å²) < 4.78 is 0. The van der Waals surface area contributed by atoms with Gasteiger partial charge in [-0.2, -0.15) is 74.5 Å². The Morgan fingerprint density at radius 1 is 0.358 bits per heavy atom. The summed E-state index contributed by atoms with van der Waals surface area (Å²) in [4.78, 5) is 15.3. The number of fused-ring (bicyclic) bond motifs is 10. The Bertz CT molecular complexity index is 2460. The van der Waals surface area contributed by atoms with E-state index in [1.54, 1.807) is 0 Å². The SMILES string of the molecule is C[C@@H]1[N-][C@@H]2CCCC[C@H]2[N-]CC[N-][C@@H]2CCCC[C@H]2[N-][C@@H](C)c2cccc1n2.[Cl][Mn][Cl].[Cl][Mn][Cl].[Cl][Mn][Cl].c1c2c3nc4c1CCCC4[N-][C@@H]1CCCC[C@H]1[N-]CC[N-][C@@H]1CCCC[C@H]1[N-]C3CCC2.c1cc2nc(c1)CN[C@@H]1CCCCC1NCCNC1CCCC[C@H]1NC2. The third-order valence-electron chi connectivity index (χ3n) is 21.8. The number of aryl methyl sites for hydroxylation is 2. The summed E-state index contributed by atoms with van der Waals surface area (Å²) in [6.45, 7) is 11.7. The number of rotatable bonds is 0. The molecule has 0 saturated heterocycles. The van der Waals surface area contributed by atoms with Crippen molar-refractivity contribution in [1.82, 2.24) is 36.2 Å². The molecule has 3 aromatic rings. The summed E-state index contributed by atoms with van der Waals surface area (Å²) in [5.74, 6) is 0. The second-order valence-corrected chi connectivity index (χ2v) is 33.9. The number of halogens is 6. The third kappa shape index (κ3) is 25.5. The smallest absolute Gasteiger partial charge is 0.0545 e. The molecule has 14 rings (SSSR count). The summed E-state index contributed by atoms with van der Waals surface area (Å²) in [5.41, 5.74) is 10.0. The van der Waals surface area contributed by atoms with Crippen LogP contribution in [0.3, 0.4) is 0 Å². The predicted octanol–water partition coefficient (Wildman–Crippen LogP) is 19.5. The molecule has 6 fully saturated rings. The van der Waals surface area contributed by atoms with Gasteiger partial charge in [0.15, 0.2) is 0 Å². The van der Waals surface area contributed by atoms with Crippen LogP contribution in [0.4, 0.5) is 0 Å². The molecule has 539 valence electrons. The van der Waals surface area contributed by atoms with Crippen LogP contribution in [0, 0.1) is 0 Å². The molecule has 16 atom stereocenters. The minimum Gasteiger partial charge on any atom is -0.662 e. The minimum atomic E-state index is 0.00694. The average molecular weight is 1550 g/mol. The maximum atomic E-state index is 5.47. The van der Waals surface area contributed by atoms with Gasteiger partial charge in [0.2, 0.25) is 0 Å². The fourth-order valence-corrected chi connectivity index (χ4v) is 17.0. The first-order valence-electron chi connectivity index (χ1n) is 36.6. The van der Waals surface area contributed by atoms with Crippen LogP contribution in [-0.2, 0) is 65.3 Å². The molecule has 6 heterocycles. The molecule has 15 nitrogen and oxygen atoms in total. The average Bonchev–Trinajstić information content (AvgIpc) is 1.11. The maximum absolute atomic E-state index is 5.47. The van der Waals surface area contributed by atoms with E-state index in [2.05, 4.69) is 77.6 Å². The topological polar surface area (TPSA) is 200 Å². The zero-order valence-electron chi connectivity index (χ0n) is 56.5. The van der Waals surface area contributed by atoms with Gasteiger partial charge in [0.05, 0.1) is 11.4 Å². The molecule has 4 N–H and O–H groups in total. The van der Waals surface area contributed by atoms with Crippen LogP contribution in [-0.4, -0.2) is 127 Å². The van der Waals surface area contributed by atoms with E-state index in [9.17, 15) is 0 Å². The summed E-state index contributed by atoms with van der Waals surface area (Å²) in [6, 6.07) is 21.4. The summed E-state index contributed by atoms with van der Waals surface area (Å²) in [5, 5.41) is 56.9. The van der Waals surface area contributed by atoms with E-state index in [-0.39, 0.29) is 63.6 Å². The van der Waals surface area contributed by atoms with Gasteiger partial charge in [-0.15, -0.1) is 0 Å². The Hall–Kier alpha value is 0.268. The van der Waals surface area contributed by atoms with Crippen LogP contribution in [0.2, 0.25) is 0 Å². The fourth-order valence-electron chi connectivity index (χ4n) is 17.0. The fraction of sp³-hybridized carbons (Fsp3) is 0.789. The van der Waals surface area contributed by atoms with Crippen molar-refractivity contribution in [1.29, 1.82) is 0 Å². The van der Waals surface area contributed by atoms with Crippen LogP contribution in [0.25, 0.3) is 42.5 Å². The van der Waals surface area contributed by atoms with E-state index in [4.69, 9.17) is 118 Å². The molecule has 4 unspecified atom stereocenters. The number of pyridine rings is 3. The zero-order valence-corrected chi connectivity index (χ0v) is 64.5. The van der Waals surface area contributed by atoms with Gasteiger partial charge in [-0.05, 0) is 73.9 Å². The first kappa shape index (κ1) is 79.4. The molecule has 0 radical (unpaired) electrons. The first-order chi connectivity index (χ1) is 46.7. The van der Waals surface area contributed by atoms with Gasteiger partial charge >= 0.3 is 100.0 Å². The molecular weight excluding hydrogens is 1440 g/mol. The van der Waals surface area contributed by atoms with Gasteiger partial charge in [0, 0.05) is 73.1 Å². The van der Waals surface area contributed by atoms with E-state index < -0.39 is 0 Å². The van der Waals surface area contributed by atoms with Gasteiger partial charge < -0.3 is 63.8 Å². The van der Waals surface area contributed by atoms with Crippen molar-refractivity contribution in [3.05, 3.63) is 130 Å². The van der Waals surface area contributed by atoms with Crippen molar-refractivity contribution in [2.24, 2.45) is 0 Å². The quantitative estimate of drug-likeness (QED) is 0.160. The van der Waals surface area contributed by atoms with Crippen molar-refractivity contribution in [3.63, 3.8) is 0 Å². The number of nitrogens with zero attached hydrogens (tertiary/aromatic N) is 11. The standard InChI is InChI=1S/C27H39N5.C23H35N5.C21H35N5.6ClH.3Mn/c1-3-11-22-20(9-1)28-15-16-29-21-10-2-4-12-23(21)31-25-14-6-8-19-17-18-7-5-13-24(30-22)26(18)32-27(19)25;1-16-18-12-7-13-19(28-18)17(2)27-23-11-6-4-9-21(23)25-15-14-24-20-8-3-5-10-22(20)26-16;1-3-10-20-18(8-1)22-12-13-23-19-9-2-4-11-21(19)25-15-17-7-5-6-16(26-17)14-24-20;;;;;;;;;/h17,20-25H,1-16H2;7,12-13,16-17,20-23H,3-6,8-11,14-15H2,1-2H3;5-7,18-25H,1-4,8-15H2;6*1H;;;/q2*-4;;;;;;;;3*+2/p-6/t20-,21-,22-,23-,24?,25?;16-,17-,20+,21+,22+,23+;18?,19?,20-,21-;;;;;;;;;/m101........./s1. The molecule has 11 aliphatic rings. The zero-order chi connectivity index (χ0) is 66.4.